The van der Waals surface area contributed by atoms with E-state index < -0.39 is 23.1 Å². The number of nitrogens with one attached hydrogen (secondary N) is 1. The second kappa shape index (κ2) is 10.6. The third-order valence-electron chi connectivity index (χ3n) is 4.04. The van der Waals surface area contributed by atoms with Gasteiger partial charge in [0.25, 0.3) is 5.91 Å². The van der Waals surface area contributed by atoms with Crippen molar-refractivity contribution in [2.24, 2.45) is 0 Å². The summed E-state index contributed by atoms with van der Waals surface area (Å²) in [6.07, 6.45) is -0.955. The van der Waals surface area contributed by atoms with E-state index in [0.29, 0.717) is 11.4 Å². The van der Waals surface area contributed by atoms with E-state index in [1.807, 2.05) is 18.2 Å². The lowest BCUT2D eigenvalue weighted by atomic mass is 10.2. The number of ether oxygens (including phenoxy) is 1. The fraction of sp³-hybridized carbons (Fsp3) is 0.286. The van der Waals surface area contributed by atoms with Crippen molar-refractivity contribution in [2.45, 2.75) is 25.2 Å². The molecule has 0 aliphatic rings. The molecule has 8 heteroatoms. The highest BCUT2D eigenvalue weighted by Gasteiger charge is 2.25. The lowest BCUT2D eigenvalue weighted by Crippen LogP contribution is -2.38. The molecule has 2 rings (SSSR count). The Morgan fingerprint density at radius 3 is 2.31 bits per heavy atom. The van der Waals surface area contributed by atoms with Crippen molar-refractivity contribution >= 4 is 40.9 Å². The summed E-state index contributed by atoms with van der Waals surface area (Å²) >= 11 is 1.09. The first-order valence-corrected chi connectivity index (χ1v) is 10.0. The molecule has 29 heavy (non-hydrogen) atoms. The van der Waals surface area contributed by atoms with Gasteiger partial charge in [-0.25, -0.2) is 4.39 Å². The normalized spacial score (nSPS) is 12.6. The molecule has 0 aliphatic carbocycles. The third kappa shape index (κ3) is 6.90. The van der Waals surface area contributed by atoms with Crippen LogP contribution in [0.5, 0.6) is 0 Å². The van der Waals surface area contributed by atoms with Crippen molar-refractivity contribution < 1.29 is 23.5 Å². The number of thioether (sulfide) groups is 1. The molecule has 0 aromatic heterocycles. The number of para-hydroxylation sites is 1. The largest absolute Gasteiger partial charge is 0.452 e. The second-order valence-corrected chi connectivity index (χ2v) is 7.65. The van der Waals surface area contributed by atoms with E-state index >= 15 is 0 Å². The lowest BCUT2D eigenvalue weighted by molar-refractivity contribution is -0.152. The van der Waals surface area contributed by atoms with Gasteiger partial charge in [0.2, 0.25) is 5.91 Å². The van der Waals surface area contributed by atoms with Crippen LogP contribution in [0.4, 0.5) is 15.8 Å². The Balaban J connectivity index is 1.79. The molecular weight excluding hydrogens is 395 g/mol. The molecular formula is C21H23FN2O4S. The van der Waals surface area contributed by atoms with Gasteiger partial charge in [0.1, 0.15) is 11.1 Å². The zero-order chi connectivity index (χ0) is 21.4. The maximum absolute atomic E-state index is 12.9. The molecule has 154 valence electrons. The molecule has 2 unspecified atom stereocenters. The molecule has 6 nitrogen and oxygen atoms in total. The van der Waals surface area contributed by atoms with E-state index in [1.165, 1.54) is 36.1 Å². The van der Waals surface area contributed by atoms with E-state index in [2.05, 4.69) is 5.32 Å². The topological polar surface area (TPSA) is 75.7 Å². The molecule has 2 amide bonds. The maximum Gasteiger partial charge on any atom is 0.319 e. The third-order valence-corrected chi connectivity index (χ3v) is 5.16. The van der Waals surface area contributed by atoms with Crippen LogP contribution >= 0.6 is 11.8 Å². The average Bonchev–Trinajstić information content (AvgIpc) is 2.73. The minimum Gasteiger partial charge on any atom is -0.452 e. The number of amides is 2. The lowest BCUT2D eigenvalue weighted by Gasteiger charge is -2.22. The van der Waals surface area contributed by atoms with Crippen LogP contribution in [0.2, 0.25) is 0 Å². The number of likely N-dealkylation sites (N-methyl/N-ethyl adjacent to an activating group) is 1. The van der Waals surface area contributed by atoms with Gasteiger partial charge in [-0.3, -0.25) is 14.4 Å². The summed E-state index contributed by atoms with van der Waals surface area (Å²) in [5.74, 6) is -1.63. The van der Waals surface area contributed by atoms with Crippen LogP contribution in [-0.4, -0.2) is 41.9 Å². The number of carbonyl (C=O) groups is 3. The second-order valence-electron chi connectivity index (χ2n) is 6.32. The molecule has 2 aromatic carbocycles. The molecule has 0 heterocycles. The van der Waals surface area contributed by atoms with Crippen LogP contribution in [0.25, 0.3) is 0 Å². The number of nitrogens with zero attached hydrogens (tertiary/aromatic N) is 1. The van der Waals surface area contributed by atoms with Gasteiger partial charge < -0.3 is 15.0 Å². The zero-order valence-electron chi connectivity index (χ0n) is 16.4. The predicted molar refractivity (Wildman–Crippen MR) is 112 cm³/mol. The molecule has 0 spiro atoms. The van der Waals surface area contributed by atoms with Gasteiger partial charge in [0, 0.05) is 18.4 Å². The number of hydrogen-bond acceptors (Lipinski definition) is 5. The molecule has 0 saturated heterocycles. The highest BCUT2D eigenvalue weighted by molar-refractivity contribution is 8.01. The number of anilines is 2. The van der Waals surface area contributed by atoms with Crippen LogP contribution in [0.3, 0.4) is 0 Å². The number of halogens is 1. The molecule has 0 fully saturated rings. The van der Waals surface area contributed by atoms with Crippen molar-refractivity contribution in [2.75, 3.05) is 23.0 Å². The summed E-state index contributed by atoms with van der Waals surface area (Å²) in [4.78, 5) is 38.1. The minimum absolute atomic E-state index is 0.0138. The van der Waals surface area contributed by atoms with Crippen LogP contribution < -0.4 is 10.2 Å². The minimum atomic E-state index is -0.955. The van der Waals surface area contributed by atoms with Gasteiger partial charge in [-0.15, -0.1) is 11.8 Å². The van der Waals surface area contributed by atoms with Crippen LogP contribution in [-0.2, 0) is 19.1 Å². The van der Waals surface area contributed by atoms with Crippen molar-refractivity contribution in [1.29, 1.82) is 0 Å². The number of rotatable bonds is 8. The average molecular weight is 418 g/mol. The summed E-state index contributed by atoms with van der Waals surface area (Å²) in [5.41, 5.74) is 1.16. The number of carbonyl (C=O) groups excluding carboxylic acids is 3. The summed E-state index contributed by atoms with van der Waals surface area (Å²) in [5, 5.41) is 1.98. The first kappa shape index (κ1) is 22.4. The first-order chi connectivity index (χ1) is 13.8. The Morgan fingerprint density at radius 1 is 1.07 bits per heavy atom. The maximum atomic E-state index is 12.9. The SMILES string of the molecule is CC(OC(=O)C(C)SCC(=O)Nc1ccc(F)cc1)C(=O)N(C)c1ccccc1. The van der Waals surface area contributed by atoms with Gasteiger partial charge in [0.05, 0.1) is 5.75 Å². The smallest absolute Gasteiger partial charge is 0.319 e. The van der Waals surface area contributed by atoms with Crippen LogP contribution in [0.15, 0.2) is 54.6 Å². The molecule has 0 radical (unpaired) electrons. The van der Waals surface area contributed by atoms with Gasteiger partial charge in [-0.1, -0.05) is 18.2 Å². The molecule has 2 atom stereocenters. The van der Waals surface area contributed by atoms with Crippen LogP contribution in [0, 0.1) is 5.82 Å². The van der Waals surface area contributed by atoms with Gasteiger partial charge in [-0.2, -0.15) is 0 Å². The summed E-state index contributed by atoms with van der Waals surface area (Å²) in [7, 11) is 1.61. The summed E-state index contributed by atoms with van der Waals surface area (Å²) < 4.78 is 18.1. The van der Waals surface area contributed by atoms with Gasteiger partial charge in [-0.05, 0) is 50.2 Å². The fourth-order valence-corrected chi connectivity index (χ4v) is 3.04. The predicted octanol–water partition coefficient (Wildman–Crippen LogP) is 3.48. The molecule has 0 saturated carbocycles. The van der Waals surface area contributed by atoms with Crippen molar-refractivity contribution in [3.63, 3.8) is 0 Å². The highest BCUT2D eigenvalue weighted by atomic mass is 32.2. The fourth-order valence-electron chi connectivity index (χ4n) is 2.37. The zero-order valence-corrected chi connectivity index (χ0v) is 17.2. The van der Waals surface area contributed by atoms with E-state index in [0.717, 1.165) is 11.8 Å². The van der Waals surface area contributed by atoms with E-state index in [4.69, 9.17) is 4.74 Å². The molecule has 0 bridgehead atoms. The van der Waals surface area contributed by atoms with E-state index in [1.54, 1.807) is 26.1 Å². The summed E-state index contributed by atoms with van der Waals surface area (Å²) in [6.45, 7) is 3.12. The standard InChI is InChI=1S/C21H23FN2O4S/c1-14(20(26)24(3)18-7-5-4-6-8-18)28-21(27)15(2)29-13-19(25)23-17-11-9-16(22)10-12-17/h4-12,14-15H,13H2,1-3H3,(H,23,25). The number of benzene rings is 2. The van der Waals surface area contributed by atoms with E-state index in [9.17, 15) is 18.8 Å². The number of esters is 1. The van der Waals surface area contributed by atoms with Crippen molar-refractivity contribution in [3.05, 3.63) is 60.4 Å². The number of hydrogen-bond donors (Lipinski definition) is 1. The first-order valence-electron chi connectivity index (χ1n) is 8.98. The molecule has 2 aromatic rings. The highest BCUT2D eigenvalue weighted by Crippen LogP contribution is 2.17. The Bertz CT molecular complexity index is 846. The van der Waals surface area contributed by atoms with Crippen LogP contribution in [0.1, 0.15) is 13.8 Å². The monoisotopic (exact) mass is 418 g/mol. The Kier molecular flexibility index (Phi) is 8.21. The van der Waals surface area contributed by atoms with Crippen molar-refractivity contribution in [1.82, 2.24) is 0 Å². The van der Waals surface area contributed by atoms with Gasteiger partial charge in [0.15, 0.2) is 6.10 Å². The Morgan fingerprint density at radius 2 is 1.69 bits per heavy atom. The summed E-state index contributed by atoms with van der Waals surface area (Å²) in [6, 6.07) is 14.4. The quantitative estimate of drug-likeness (QED) is 0.665. The molecule has 0 aliphatic heterocycles. The van der Waals surface area contributed by atoms with Crippen molar-refractivity contribution in [3.8, 4) is 0 Å². The van der Waals surface area contributed by atoms with Gasteiger partial charge >= 0.3 is 5.97 Å². The Labute approximate surface area is 173 Å². The molecule has 1 N–H and O–H groups in total. The Hall–Kier alpha value is -2.87. The van der Waals surface area contributed by atoms with E-state index in [-0.39, 0.29) is 17.6 Å².